The maximum absolute atomic E-state index is 12.2. The molecule has 1 aliphatic rings. The quantitative estimate of drug-likeness (QED) is 0.331. The van der Waals surface area contributed by atoms with E-state index in [4.69, 9.17) is 20.1 Å². The van der Waals surface area contributed by atoms with Crippen LogP contribution < -0.4 is 11.2 Å². The normalized spacial score (nSPS) is 21.2. The monoisotopic (exact) mass is 347 g/mol. The van der Waals surface area contributed by atoms with Gasteiger partial charge in [-0.2, -0.15) is 4.91 Å². The number of aromatic nitrogens is 2. The van der Waals surface area contributed by atoms with Gasteiger partial charge in [-0.3, -0.25) is 9.09 Å². The van der Waals surface area contributed by atoms with Crippen molar-refractivity contribution in [2.24, 2.45) is 5.22 Å². The highest BCUT2D eigenvalue weighted by Gasteiger charge is 2.31. The van der Waals surface area contributed by atoms with Gasteiger partial charge in [0.05, 0.1) is 18.3 Å². The minimum Gasteiger partial charge on any atom is -0.352 e. The maximum Gasteiger partial charge on any atom is 0.469 e. The molecule has 0 spiro atoms. The molecule has 2 atom stereocenters. The molecule has 1 aromatic rings. The number of phosphoric ester groups is 1. The van der Waals surface area contributed by atoms with Crippen molar-refractivity contribution in [2.45, 2.75) is 32.1 Å². The van der Waals surface area contributed by atoms with Crippen molar-refractivity contribution < 1.29 is 23.6 Å². The van der Waals surface area contributed by atoms with Gasteiger partial charge in [0.25, 0.3) is 0 Å². The number of hydrogen-bond acceptors (Lipinski definition) is 6. The SMILES string of the molecule is Cc1cn([C@H]2CC[C@@H](COP(=O)(O)O)O2)c(=O)n(N=[N+]=[N-])c1=O. The van der Waals surface area contributed by atoms with Crippen LogP contribution in [0, 0.1) is 6.92 Å². The first kappa shape index (κ1) is 17.4. The summed E-state index contributed by atoms with van der Waals surface area (Å²) in [4.78, 5) is 43.7. The van der Waals surface area contributed by atoms with Gasteiger partial charge in [0.2, 0.25) is 0 Å². The van der Waals surface area contributed by atoms with Crippen molar-refractivity contribution >= 4 is 7.82 Å². The highest BCUT2D eigenvalue weighted by Crippen LogP contribution is 2.37. The molecule has 2 N–H and O–H groups in total. The molecule has 1 aliphatic heterocycles. The van der Waals surface area contributed by atoms with E-state index < -0.39 is 31.4 Å². The first-order valence-corrected chi connectivity index (χ1v) is 8.01. The summed E-state index contributed by atoms with van der Waals surface area (Å²) in [5.41, 5.74) is 7.02. The fraction of sp³-hybridized carbons (Fsp3) is 0.600. The van der Waals surface area contributed by atoms with E-state index in [-0.39, 0.29) is 12.2 Å². The third kappa shape index (κ3) is 4.08. The molecule has 0 amide bonds. The Morgan fingerprint density at radius 1 is 1.52 bits per heavy atom. The van der Waals surface area contributed by atoms with Gasteiger partial charge in [0.1, 0.15) is 6.23 Å². The Hall–Kier alpha value is -1.94. The Balaban J connectivity index is 2.24. The predicted octanol–water partition coefficient (Wildman–Crippen LogP) is 0.179. The van der Waals surface area contributed by atoms with E-state index in [0.717, 1.165) is 4.57 Å². The average Bonchev–Trinajstić information content (AvgIpc) is 2.93. The second kappa shape index (κ2) is 6.67. The van der Waals surface area contributed by atoms with E-state index in [0.29, 0.717) is 17.5 Å². The van der Waals surface area contributed by atoms with Crippen LogP contribution in [0.5, 0.6) is 0 Å². The van der Waals surface area contributed by atoms with E-state index >= 15 is 0 Å². The summed E-state index contributed by atoms with van der Waals surface area (Å²) in [6, 6.07) is 0. The third-order valence-electron chi connectivity index (χ3n) is 3.22. The van der Waals surface area contributed by atoms with Crippen molar-refractivity contribution in [3.63, 3.8) is 0 Å². The smallest absolute Gasteiger partial charge is 0.352 e. The van der Waals surface area contributed by atoms with Crippen LogP contribution in [0.3, 0.4) is 0 Å². The molecular formula is C10H14N5O7P. The molecule has 1 aromatic heterocycles. The molecule has 0 aromatic carbocycles. The van der Waals surface area contributed by atoms with Crippen molar-refractivity contribution in [3.8, 4) is 0 Å². The fourth-order valence-electron chi connectivity index (χ4n) is 2.20. The second-order valence-corrected chi connectivity index (χ2v) is 6.11. The lowest BCUT2D eigenvalue weighted by molar-refractivity contribution is -0.0249. The number of azide groups is 1. The van der Waals surface area contributed by atoms with Crippen LogP contribution in [0.2, 0.25) is 0 Å². The topological polar surface area (TPSA) is 169 Å². The van der Waals surface area contributed by atoms with Crippen LogP contribution in [-0.4, -0.2) is 31.7 Å². The van der Waals surface area contributed by atoms with Gasteiger partial charge in [0, 0.05) is 6.20 Å². The zero-order valence-electron chi connectivity index (χ0n) is 12.0. The van der Waals surface area contributed by atoms with Gasteiger partial charge in [-0.25, -0.2) is 14.2 Å². The molecular weight excluding hydrogens is 333 g/mol. The summed E-state index contributed by atoms with van der Waals surface area (Å²) < 4.78 is 22.0. The zero-order valence-corrected chi connectivity index (χ0v) is 12.9. The molecule has 0 unspecified atom stereocenters. The summed E-state index contributed by atoms with van der Waals surface area (Å²) in [6.07, 6.45) is 0.678. The van der Waals surface area contributed by atoms with E-state index in [9.17, 15) is 14.2 Å². The summed E-state index contributed by atoms with van der Waals surface area (Å²) in [5.74, 6) is 0. The van der Waals surface area contributed by atoms with Crippen LogP contribution in [0.25, 0.3) is 10.4 Å². The first-order chi connectivity index (χ1) is 10.7. The molecule has 0 aliphatic carbocycles. The maximum atomic E-state index is 12.2. The highest BCUT2D eigenvalue weighted by molar-refractivity contribution is 7.46. The Bertz CT molecular complexity index is 805. The van der Waals surface area contributed by atoms with Crippen LogP contribution in [-0.2, 0) is 13.8 Å². The lowest BCUT2D eigenvalue weighted by atomic mass is 10.2. The zero-order chi connectivity index (χ0) is 17.2. The first-order valence-electron chi connectivity index (χ1n) is 6.48. The van der Waals surface area contributed by atoms with Gasteiger partial charge in [-0.15, -0.1) is 5.53 Å². The largest absolute Gasteiger partial charge is 0.469 e. The van der Waals surface area contributed by atoms with Gasteiger partial charge >= 0.3 is 19.1 Å². The van der Waals surface area contributed by atoms with Crippen LogP contribution in [0.4, 0.5) is 0 Å². The number of rotatable bonds is 5. The molecule has 13 heteroatoms. The molecule has 2 rings (SSSR count). The summed E-state index contributed by atoms with van der Waals surface area (Å²) >= 11 is 0. The molecule has 1 fully saturated rings. The average molecular weight is 347 g/mol. The number of phosphoric acid groups is 1. The van der Waals surface area contributed by atoms with Crippen molar-refractivity contribution in [1.29, 1.82) is 0 Å². The van der Waals surface area contributed by atoms with Crippen LogP contribution >= 0.6 is 7.82 Å². The number of nitrogens with zero attached hydrogens (tertiary/aromatic N) is 5. The Morgan fingerprint density at radius 3 is 2.83 bits per heavy atom. The summed E-state index contributed by atoms with van der Waals surface area (Å²) in [6.45, 7) is 1.12. The predicted molar refractivity (Wildman–Crippen MR) is 75.4 cm³/mol. The fourth-order valence-corrected chi connectivity index (χ4v) is 2.56. The molecule has 1 saturated heterocycles. The van der Waals surface area contributed by atoms with E-state index in [1.54, 1.807) is 0 Å². The molecule has 0 bridgehead atoms. The molecule has 126 valence electrons. The van der Waals surface area contributed by atoms with Crippen molar-refractivity contribution in [1.82, 2.24) is 9.24 Å². The summed E-state index contributed by atoms with van der Waals surface area (Å²) in [7, 11) is -4.60. The number of hydrogen-bond donors (Lipinski definition) is 2. The number of aryl methyl sites for hydroxylation is 1. The molecule has 2 heterocycles. The van der Waals surface area contributed by atoms with E-state index in [1.807, 2.05) is 0 Å². The lowest BCUT2D eigenvalue weighted by Crippen LogP contribution is -2.40. The standard InChI is InChI=1S/C10H14N5O7P/c1-6-4-14(10(17)15(9(6)16)13-12-11)8-3-2-7(22-8)5-21-23(18,19)20/h4,7-8H,2-3,5H2,1H3,(H2,18,19,20)/t7-,8+/m0/s1. The van der Waals surface area contributed by atoms with E-state index in [2.05, 4.69) is 14.7 Å². The lowest BCUT2D eigenvalue weighted by Gasteiger charge is -2.16. The van der Waals surface area contributed by atoms with Gasteiger partial charge < -0.3 is 14.5 Å². The Labute approximate surface area is 128 Å². The summed E-state index contributed by atoms with van der Waals surface area (Å²) in [5, 5.41) is 3.05. The second-order valence-electron chi connectivity index (χ2n) is 4.87. The molecule has 23 heavy (non-hydrogen) atoms. The van der Waals surface area contributed by atoms with Gasteiger partial charge in [0.15, 0.2) is 0 Å². The Kier molecular flexibility index (Phi) is 5.05. The molecule has 0 saturated carbocycles. The van der Waals surface area contributed by atoms with Crippen molar-refractivity contribution in [2.75, 3.05) is 6.61 Å². The third-order valence-corrected chi connectivity index (χ3v) is 3.70. The van der Waals surface area contributed by atoms with Gasteiger partial charge in [-0.1, -0.05) is 4.68 Å². The van der Waals surface area contributed by atoms with Crippen LogP contribution in [0.15, 0.2) is 21.0 Å². The van der Waals surface area contributed by atoms with Gasteiger partial charge in [-0.05, 0) is 25.0 Å². The van der Waals surface area contributed by atoms with E-state index in [1.165, 1.54) is 13.1 Å². The number of ether oxygens (including phenoxy) is 1. The molecule has 0 radical (unpaired) electrons. The van der Waals surface area contributed by atoms with Crippen molar-refractivity contribution in [3.05, 3.63) is 43.0 Å². The molecule has 12 nitrogen and oxygen atoms in total. The van der Waals surface area contributed by atoms with Crippen LogP contribution in [0.1, 0.15) is 24.6 Å². The minimum absolute atomic E-state index is 0.176. The minimum atomic E-state index is -4.60. The highest BCUT2D eigenvalue weighted by atomic mass is 31.2. The Morgan fingerprint density at radius 2 is 2.22 bits per heavy atom.